The molecule has 0 aliphatic rings. The molecule has 0 aromatic heterocycles. The van der Waals surface area contributed by atoms with Gasteiger partial charge in [-0.1, -0.05) is 0 Å². The lowest BCUT2D eigenvalue weighted by Gasteiger charge is -2.06. The number of ether oxygens (including phenoxy) is 1. The molecule has 13 heavy (non-hydrogen) atoms. The van der Waals surface area contributed by atoms with Gasteiger partial charge in [-0.25, -0.2) is 0 Å². The monoisotopic (exact) mass is 181 g/mol. The normalized spacial score (nSPS) is 9.62. The lowest BCUT2D eigenvalue weighted by Crippen LogP contribution is -2.10. The van der Waals surface area contributed by atoms with Crippen molar-refractivity contribution in [2.75, 3.05) is 6.61 Å². The Bertz CT molecular complexity index is 323. The number of phenols is 1. The third kappa shape index (κ3) is 2.11. The summed E-state index contributed by atoms with van der Waals surface area (Å²) in [6.45, 7) is 2.21. The lowest BCUT2D eigenvalue weighted by molar-refractivity contribution is 0.1000. The first-order valence-electron chi connectivity index (χ1n) is 3.90. The molecular weight excluding hydrogens is 170 g/mol. The van der Waals surface area contributed by atoms with Crippen molar-refractivity contribution in [1.82, 2.24) is 0 Å². The highest BCUT2D eigenvalue weighted by molar-refractivity contribution is 5.93. The summed E-state index contributed by atoms with van der Waals surface area (Å²) in [6.07, 6.45) is 0. The van der Waals surface area contributed by atoms with Crippen molar-refractivity contribution in [2.45, 2.75) is 6.92 Å². The Hall–Kier alpha value is -1.71. The van der Waals surface area contributed by atoms with E-state index in [0.29, 0.717) is 12.2 Å². The first-order chi connectivity index (χ1) is 6.15. The summed E-state index contributed by atoms with van der Waals surface area (Å²) >= 11 is 0. The van der Waals surface area contributed by atoms with Gasteiger partial charge in [0.2, 0.25) is 5.91 Å². The van der Waals surface area contributed by atoms with Crippen molar-refractivity contribution >= 4 is 5.91 Å². The summed E-state index contributed by atoms with van der Waals surface area (Å²) in [6, 6.07) is 4.24. The number of amides is 1. The van der Waals surface area contributed by atoms with Gasteiger partial charge in [-0.15, -0.1) is 0 Å². The van der Waals surface area contributed by atoms with E-state index >= 15 is 0 Å². The number of carbonyl (C=O) groups is 1. The van der Waals surface area contributed by atoms with Gasteiger partial charge < -0.3 is 15.6 Å². The molecule has 3 N–H and O–H groups in total. The second-order valence-corrected chi connectivity index (χ2v) is 2.48. The molecule has 0 radical (unpaired) electrons. The molecule has 1 aromatic carbocycles. The fraction of sp³-hybridized carbons (Fsp3) is 0.222. The Morgan fingerprint density at radius 3 is 2.85 bits per heavy atom. The highest BCUT2D eigenvalue weighted by atomic mass is 16.5. The second kappa shape index (κ2) is 3.80. The van der Waals surface area contributed by atoms with Gasteiger partial charge >= 0.3 is 0 Å². The van der Waals surface area contributed by atoms with Crippen LogP contribution in [0.4, 0.5) is 0 Å². The quantitative estimate of drug-likeness (QED) is 0.727. The van der Waals surface area contributed by atoms with Gasteiger partial charge in [0.15, 0.2) is 11.5 Å². The average molecular weight is 181 g/mol. The van der Waals surface area contributed by atoms with Crippen LogP contribution in [0.15, 0.2) is 18.2 Å². The molecule has 1 amide bonds. The summed E-state index contributed by atoms with van der Waals surface area (Å²) in [7, 11) is 0. The number of hydrogen-bond donors (Lipinski definition) is 2. The minimum atomic E-state index is -0.541. The molecule has 0 aliphatic carbocycles. The molecule has 0 saturated carbocycles. The van der Waals surface area contributed by atoms with Gasteiger partial charge in [0.25, 0.3) is 0 Å². The van der Waals surface area contributed by atoms with Gasteiger partial charge in [-0.05, 0) is 25.1 Å². The molecule has 0 fully saturated rings. The Morgan fingerprint density at radius 2 is 2.31 bits per heavy atom. The van der Waals surface area contributed by atoms with Crippen LogP contribution in [0.2, 0.25) is 0 Å². The molecule has 0 aliphatic heterocycles. The fourth-order valence-corrected chi connectivity index (χ4v) is 0.939. The van der Waals surface area contributed by atoms with Crippen LogP contribution < -0.4 is 10.5 Å². The number of nitrogens with two attached hydrogens (primary N) is 1. The van der Waals surface area contributed by atoms with Crippen LogP contribution in [0.25, 0.3) is 0 Å². The number of benzene rings is 1. The standard InChI is InChI=1S/C9H11NO3/c1-2-13-8-5-6(9(10)12)3-4-7(8)11/h3-5,11H,2H2,1H3,(H2,10,12). The third-order valence-corrected chi connectivity index (χ3v) is 1.54. The zero-order valence-corrected chi connectivity index (χ0v) is 7.28. The van der Waals surface area contributed by atoms with E-state index in [4.69, 9.17) is 10.5 Å². The molecule has 1 rings (SSSR count). The maximum Gasteiger partial charge on any atom is 0.248 e. The van der Waals surface area contributed by atoms with Crippen LogP contribution in [-0.2, 0) is 0 Å². The van der Waals surface area contributed by atoms with Crippen LogP contribution in [0.5, 0.6) is 11.5 Å². The van der Waals surface area contributed by atoms with Crippen molar-refractivity contribution < 1.29 is 14.6 Å². The summed E-state index contributed by atoms with van der Waals surface area (Å²) < 4.78 is 5.07. The molecule has 0 unspecified atom stereocenters. The van der Waals surface area contributed by atoms with Gasteiger partial charge in [0, 0.05) is 5.56 Å². The number of rotatable bonds is 3. The smallest absolute Gasteiger partial charge is 0.248 e. The average Bonchev–Trinajstić information content (AvgIpc) is 2.08. The van der Waals surface area contributed by atoms with Crippen LogP contribution in [-0.4, -0.2) is 17.6 Å². The Balaban J connectivity index is 3.03. The van der Waals surface area contributed by atoms with Gasteiger partial charge in [-0.3, -0.25) is 4.79 Å². The van der Waals surface area contributed by atoms with E-state index in [1.807, 2.05) is 0 Å². The fourth-order valence-electron chi connectivity index (χ4n) is 0.939. The third-order valence-electron chi connectivity index (χ3n) is 1.54. The van der Waals surface area contributed by atoms with E-state index in [1.54, 1.807) is 6.92 Å². The topological polar surface area (TPSA) is 72.5 Å². The Kier molecular flexibility index (Phi) is 2.74. The first-order valence-corrected chi connectivity index (χ1v) is 3.90. The molecule has 0 atom stereocenters. The van der Waals surface area contributed by atoms with Crippen LogP contribution in [0.1, 0.15) is 17.3 Å². The number of aromatic hydroxyl groups is 1. The molecule has 70 valence electrons. The van der Waals surface area contributed by atoms with E-state index in [1.165, 1.54) is 18.2 Å². The van der Waals surface area contributed by atoms with Gasteiger partial charge in [-0.2, -0.15) is 0 Å². The Morgan fingerprint density at radius 1 is 1.62 bits per heavy atom. The first kappa shape index (κ1) is 9.38. The summed E-state index contributed by atoms with van der Waals surface area (Å²) in [5.74, 6) is -0.258. The molecule has 0 bridgehead atoms. The van der Waals surface area contributed by atoms with Gasteiger partial charge in [0.05, 0.1) is 6.61 Å². The highest BCUT2D eigenvalue weighted by Crippen LogP contribution is 2.26. The van der Waals surface area contributed by atoms with Crippen LogP contribution in [0.3, 0.4) is 0 Å². The van der Waals surface area contributed by atoms with Gasteiger partial charge in [0.1, 0.15) is 0 Å². The van der Waals surface area contributed by atoms with E-state index < -0.39 is 5.91 Å². The van der Waals surface area contributed by atoms with E-state index in [9.17, 15) is 9.90 Å². The van der Waals surface area contributed by atoms with Crippen molar-refractivity contribution in [3.63, 3.8) is 0 Å². The van der Waals surface area contributed by atoms with E-state index in [-0.39, 0.29) is 11.5 Å². The molecule has 4 nitrogen and oxygen atoms in total. The lowest BCUT2D eigenvalue weighted by atomic mass is 10.2. The van der Waals surface area contributed by atoms with Crippen LogP contribution in [0, 0.1) is 0 Å². The predicted octanol–water partition coefficient (Wildman–Crippen LogP) is 0.890. The molecule has 1 aromatic rings. The number of primary amides is 1. The predicted molar refractivity (Wildman–Crippen MR) is 47.8 cm³/mol. The minimum absolute atomic E-state index is 0.00634. The maximum absolute atomic E-state index is 10.8. The molecule has 4 heteroatoms. The second-order valence-electron chi connectivity index (χ2n) is 2.48. The maximum atomic E-state index is 10.8. The summed E-state index contributed by atoms with van der Waals surface area (Å²) in [4.78, 5) is 10.8. The van der Waals surface area contributed by atoms with Crippen molar-refractivity contribution in [1.29, 1.82) is 0 Å². The van der Waals surface area contributed by atoms with Crippen LogP contribution >= 0.6 is 0 Å². The Labute approximate surface area is 75.9 Å². The largest absolute Gasteiger partial charge is 0.504 e. The van der Waals surface area contributed by atoms with E-state index in [0.717, 1.165) is 0 Å². The molecule has 0 saturated heterocycles. The minimum Gasteiger partial charge on any atom is -0.504 e. The number of phenolic OH excluding ortho intramolecular Hbond substituents is 1. The highest BCUT2D eigenvalue weighted by Gasteiger charge is 2.06. The zero-order chi connectivity index (χ0) is 9.84. The van der Waals surface area contributed by atoms with Crippen molar-refractivity contribution in [3.05, 3.63) is 23.8 Å². The summed E-state index contributed by atoms with van der Waals surface area (Å²) in [5.41, 5.74) is 5.37. The van der Waals surface area contributed by atoms with E-state index in [2.05, 4.69) is 0 Å². The summed E-state index contributed by atoms with van der Waals surface area (Å²) in [5, 5.41) is 9.27. The number of hydrogen-bond acceptors (Lipinski definition) is 3. The van der Waals surface area contributed by atoms with Crippen molar-refractivity contribution in [3.8, 4) is 11.5 Å². The molecular formula is C9H11NO3. The number of carbonyl (C=O) groups excluding carboxylic acids is 1. The van der Waals surface area contributed by atoms with Crippen molar-refractivity contribution in [2.24, 2.45) is 5.73 Å². The molecule has 0 heterocycles. The zero-order valence-electron chi connectivity index (χ0n) is 7.28. The SMILES string of the molecule is CCOc1cc(C(N)=O)ccc1O. The molecule has 0 spiro atoms.